The van der Waals surface area contributed by atoms with E-state index in [0.29, 0.717) is 24.3 Å². The Hall–Kier alpha value is -3.79. The summed E-state index contributed by atoms with van der Waals surface area (Å²) in [5.41, 5.74) is 4.21. The van der Waals surface area contributed by atoms with E-state index in [1.54, 1.807) is 6.07 Å². The Morgan fingerprint density at radius 2 is 1.91 bits per heavy atom. The quantitative estimate of drug-likeness (QED) is 0.575. The third kappa shape index (κ3) is 3.93. The molecule has 1 aromatic heterocycles. The van der Waals surface area contributed by atoms with Gasteiger partial charge in [0.2, 0.25) is 11.8 Å². The lowest BCUT2D eigenvalue weighted by Gasteiger charge is -2.36. The van der Waals surface area contributed by atoms with E-state index in [1.165, 1.54) is 17.4 Å². The molecule has 2 fully saturated rings. The van der Waals surface area contributed by atoms with Crippen LogP contribution < -0.4 is 10.2 Å². The smallest absolute Gasteiger partial charge is 0.255 e. The van der Waals surface area contributed by atoms with E-state index >= 15 is 4.39 Å². The molecule has 3 aromatic rings. The number of carbonyl (C=O) groups excluding carboxylic acids is 3. The zero-order valence-corrected chi connectivity index (χ0v) is 19.0. The predicted molar refractivity (Wildman–Crippen MR) is 124 cm³/mol. The largest absolute Gasteiger partial charge is 0.443 e. The minimum atomic E-state index is -0.709. The zero-order valence-electron chi connectivity index (χ0n) is 19.0. The molecule has 2 aromatic carbocycles. The van der Waals surface area contributed by atoms with Crippen LogP contribution in [0, 0.1) is 5.82 Å². The number of nitrogens with one attached hydrogen (secondary N) is 1. The van der Waals surface area contributed by atoms with Crippen molar-refractivity contribution in [3.05, 3.63) is 59.2 Å². The average molecular weight is 477 g/mol. The SMILES string of the molecule is O=C1CCC(N2Cc3cc(N4CCN(Cc5ccc6ncoc6c5)CC4)c(F)cc3C2=O)C(=O)N1. The van der Waals surface area contributed by atoms with Crippen LogP contribution in [-0.4, -0.2) is 64.7 Å². The summed E-state index contributed by atoms with van der Waals surface area (Å²) in [6, 6.07) is 8.31. The van der Waals surface area contributed by atoms with Crippen LogP contribution in [0.1, 0.15) is 34.3 Å². The topological polar surface area (TPSA) is 99.0 Å². The number of piperazine rings is 1. The summed E-state index contributed by atoms with van der Waals surface area (Å²) < 4.78 is 20.5. The van der Waals surface area contributed by atoms with Crippen LogP contribution in [-0.2, 0) is 22.7 Å². The van der Waals surface area contributed by atoms with Crippen molar-refractivity contribution in [2.75, 3.05) is 31.1 Å². The van der Waals surface area contributed by atoms with Gasteiger partial charge in [0.1, 0.15) is 17.4 Å². The number of amides is 3. The van der Waals surface area contributed by atoms with Gasteiger partial charge in [-0.3, -0.25) is 24.6 Å². The molecule has 1 N–H and O–H groups in total. The molecule has 0 aliphatic carbocycles. The van der Waals surface area contributed by atoms with Gasteiger partial charge in [-0.05, 0) is 41.8 Å². The number of anilines is 1. The van der Waals surface area contributed by atoms with E-state index in [0.717, 1.165) is 36.3 Å². The number of carbonyl (C=O) groups is 3. The fourth-order valence-corrected chi connectivity index (χ4v) is 5.22. The van der Waals surface area contributed by atoms with Crippen molar-refractivity contribution in [2.45, 2.75) is 32.0 Å². The number of hydrogen-bond acceptors (Lipinski definition) is 7. The maximum Gasteiger partial charge on any atom is 0.255 e. The van der Waals surface area contributed by atoms with Crippen molar-refractivity contribution in [2.24, 2.45) is 0 Å². The lowest BCUT2D eigenvalue weighted by molar-refractivity contribution is -0.136. The highest BCUT2D eigenvalue weighted by Gasteiger charge is 2.40. The Balaban J connectivity index is 1.13. The van der Waals surface area contributed by atoms with Crippen LogP contribution in [0.15, 0.2) is 41.1 Å². The predicted octanol–water partition coefficient (Wildman–Crippen LogP) is 2.05. The minimum Gasteiger partial charge on any atom is -0.443 e. The van der Waals surface area contributed by atoms with E-state index in [9.17, 15) is 14.4 Å². The maximum atomic E-state index is 15.1. The first-order valence-corrected chi connectivity index (χ1v) is 11.7. The Morgan fingerprint density at radius 3 is 2.71 bits per heavy atom. The molecule has 3 aliphatic rings. The van der Waals surface area contributed by atoms with E-state index in [4.69, 9.17) is 4.42 Å². The molecule has 1 unspecified atom stereocenters. The molecule has 35 heavy (non-hydrogen) atoms. The van der Waals surface area contributed by atoms with Crippen LogP contribution in [0.4, 0.5) is 10.1 Å². The highest BCUT2D eigenvalue weighted by molar-refractivity contribution is 6.05. The molecule has 0 saturated carbocycles. The normalized spacial score (nSPS) is 21.1. The molecule has 3 aliphatic heterocycles. The number of halogens is 1. The highest BCUT2D eigenvalue weighted by Crippen LogP contribution is 2.33. The molecule has 4 heterocycles. The second kappa shape index (κ2) is 8.46. The first kappa shape index (κ1) is 21.7. The lowest BCUT2D eigenvalue weighted by atomic mass is 10.0. The monoisotopic (exact) mass is 477 g/mol. The summed E-state index contributed by atoms with van der Waals surface area (Å²) in [7, 11) is 0. The number of benzene rings is 2. The zero-order chi connectivity index (χ0) is 24.1. The van der Waals surface area contributed by atoms with E-state index in [2.05, 4.69) is 15.2 Å². The van der Waals surface area contributed by atoms with Gasteiger partial charge in [-0.15, -0.1) is 0 Å². The number of imide groups is 1. The summed E-state index contributed by atoms with van der Waals surface area (Å²) in [4.78, 5) is 46.5. The van der Waals surface area contributed by atoms with Gasteiger partial charge in [0.25, 0.3) is 5.91 Å². The Morgan fingerprint density at radius 1 is 1.09 bits per heavy atom. The Bertz CT molecular complexity index is 1350. The molecular formula is C25H24FN5O4. The van der Waals surface area contributed by atoms with Crippen molar-refractivity contribution >= 4 is 34.5 Å². The highest BCUT2D eigenvalue weighted by atomic mass is 19.1. The molecule has 1 atom stereocenters. The minimum absolute atomic E-state index is 0.187. The number of rotatable bonds is 4. The third-order valence-corrected chi connectivity index (χ3v) is 7.11. The molecule has 6 rings (SSSR count). The number of hydrogen-bond donors (Lipinski definition) is 1. The van der Waals surface area contributed by atoms with Gasteiger partial charge in [0, 0.05) is 51.3 Å². The molecule has 2 saturated heterocycles. The molecule has 0 spiro atoms. The Kier molecular flexibility index (Phi) is 5.25. The van der Waals surface area contributed by atoms with Crippen LogP contribution in [0.3, 0.4) is 0 Å². The average Bonchev–Trinajstić information content (AvgIpc) is 3.43. The van der Waals surface area contributed by atoms with Crippen molar-refractivity contribution < 1.29 is 23.2 Å². The summed E-state index contributed by atoms with van der Waals surface area (Å²) in [5.74, 6) is -1.61. The molecular weight excluding hydrogens is 453 g/mol. The van der Waals surface area contributed by atoms with E-state index in [1.807, 2.05) is 23.1 Å². The number of nitrogens with zero attached hydrogens (tertiary/aromatic N) is 4. The van der Waals surface area contributed by atoms with E-state index < -0.39 is 17.8 Å². The molecule has 9 nitrogen and oxygen atoms in total. The van der Waals surface area contributed by atoms with Gasteiger partial charge in [-0.2, -0.15) is 0 Å². The van der Waals surface area contributed by atoms with E-state index in [-0.39, 0.29) is 36.8 Å². The van der Waals surface area contributed by atoms with Crippen molar-refractivity contribution in [3.63, 3.8) is 0 Å². The van der Waals surface area contributed by atoms with Gasteiger partial charge in [0.05, 0.1) is 5.69 Å². The summed E-state index contributed by atoms with van der Waals surface area (Å²) >= 11 is 0. The molecule has 3 amide bonds. The summed E-state index contributed by atoms with van der Waals surface area (Å²) in [5, 5.41) is 2.29. The maximum absolute atomic E-state index is 15.1. The second-order valence-electron chi connectivity index (χ2n) is 9.28. The standard InChI is InChI=1S/C25H24FN5O4/c26-18-11-17-16(13-31(25(17)34)20-3-4-23(32)28-24(20)33)10-21(18)30-7-5-29(6-8-30)12-15-1-2-19-22(9-15)35-14-27-19/h1-2,9-11,14,20H,3-8,12-13H2,(H,28,32,33). The van der Waals surface area contributed by atoms with Gasteiger partial charge >= 0.3 is 0 Å². The first-order chi connectivity index (χ1) is 17.0. The van der Waals surface area contributed by atoms with Crippen LogP contribution in [0.2, 0.25) is 0 Å². The number of oxazole rings is 1. The molecule has 180 valence electrons. The van der Waals surface area contributed by atoms with Crippen molar-refractivity contribution in [3.8, 4) is 0 Å². The van der Waals surface area contributed by atoms with Gasteiger partial charge in [-0.1, -0.05) is 6.07 Å². The van der Waals surface area contributed by atoms with Crippen molar-refractivity contribution in [1.29, 1.82) is 0 Å². The fraction of sp³-hybridized carbons (Fsp3) is 0.360. The van der Waals surface area contributed by atoms with Crippen LogP contribution in [0.25, 0.3) is 11.1 Å². The van der Waals surface area contributed by atoms with Gasteiger partial charge in [0.15, 0.2) is 12.0 Å². The lowest BCUT2D eigenvalue weighted by Crippen LogP contribution is -2.52. The third-order valence-electron chi connectivity index (χ3n) is 7.11. The van der Waals surface area contributed by atoms with Crippen LogP contribution >= 0.6 is 0 Å². The van der Waals surface area contributed by atoms with Crippen molar-refractivity contribution in [1.82, 2.24) is 20.1 Å². The molecule has 0 radical (unpaired) electrons. The number of fused-ring (bicyclic) bond motifs is 2. The Labute approximate surface area is 200 Å². The second-order valence-corrected chi connectivity index (χ2v) is 9.28. The summed E-state index contributed by atoms with van der Waals surface area (Å²) in [6.45, 7) is 3.86. The molecule has 10 heteroatoms. The molecule has 0 bridgehead atoms. The van der Waals surface area contributed by atoms with Crippen LogP contribution in [0.5, 0.6) is 0 Å². The number of aromatic nitrogens is 1. The van der Waals surface area contributed by atoms with Gasteiger partial charge < -0.3 is 14.2 Å². The number of piperidine rings is 1. The van der Waals surface area contributed by atoms with Gasteiger partial charge in [-0.25, -0.2) is 9.37 Å². The fourth-order valence-electron chi connectivity index (χ4n) is 5.22. The summed E-state index contributed by atoms with van der Waals surface area (Å²) in [6.07, 6.45) is 1.91. The first-order valence-electron chi connectivity index (χ1n) is 11.7.